The quantitative estimate of drug-likeness (QED) is 0.390. The Bertz CT molecular complexity index is 659. The molecule has 0 aliphatic heterocycles. The lowest BCUT2D eigenvalue weighted by atomic mass is 10.1. The van der Waals surface area contributed by atoms with Gasteiger partial charge in [0.25, 0.3) is 5.91 Å². The van der Waals surface area contributed by atoms with Crippen LogP contribution in [0, 0.1) is 0 Å². The molecule has 2 aromatic rings. The molecule has 1 aromatic heterocycles. The van der Waals surface area contributed by atoms with Crippen molar-refractivity contribution in [1.82, 2.24) is 20.8 Å². The molecule has 1 heterocycles. The summed E-state index contributed by atoms with van der Waals surface area (Å²) in [5, 5.41) is 11.1. The first-order valence-electron chi connectivity index (χ1n) is 7.79. The molecule has 0 aliphatic carbocycles. The molecule has 7 heteroatoms. The molecule has 0 atom stereocenters. The molecule has 24 heavy (non-hydrogen) atoms. The highest BCUT2D eigenvalue weighted by Crippen LogP contribution is 2.16. The summed E-state index contributed by atoms with van der Waals surface area (Å²) in [6.07, 6.45) is 5.71. The summed E-state index contributed by atoms with van der Waals surface area (Å²) in [7, 11) is 0. The molecule has 0 aliphatic rings. The van der Waals surface area contributed by atoms with Crippen molar-refractivity contribution in [2.75, 3.05) is 6.54 Å². The van der Waals surface area contributed by atoms with Crippen LogP contribution in [-0.4, -0.2) is 33.5 Å². The lowest BCUT2D eigenvalue weighted by Crippen LogP contribution is -2.26. The molecule has 3 N–H and O–H groups in total. The van der Waals surface area contributed by atoms with E-state index in [-0.39, 0.29) is 18.2 Å². The van der Waals surface area contributed by atoms with E-state index < -0.39 is 5.91 Å². The van der Waals surface area contributed by atoms with E-state index in [9.17, 15) is 9.59 Å². The highest BCUT2D eigenvalue weighted by atomic mass is 16.5. The summed E-state index contributed by atoms with van der Waals surface area (Å²) in [6, 6.07) is 9.70. The minimum Gasteiger partial charge on any atom is -0.349 e. The van der Waals surface area contributed by atoms with E-state index in [4.69, 9.17) is 5.21 Å². The van der Waals surface area contributed by atoms with Crippen molar-refractivity contribution in [2.24, 2.45) is 0 Å². The third-order valence-corrected chi connectivity index (χ3v) is 3.45. The molecule has 7 nitrogen and oxygen atoms in total. The normalized spacial score (nSPS) is 10.2. The lowest BCUT2D eigenvalue weighted by Gasteiger charge is -2.05. The Morgan fingerprint density at radius 3 is 2.33 bits per heavy atom. The minimum atomic E-state index is -0.397. The summed E-state index contributed by atoms with van der Waals surface area (Å²) in [6.45, 7) is 0.489. The van der Waals surface area contributed by atoms with Crippen molar-refractivity contribution in [3.63, 3.8) is 0 Å². The fourth-order valence-corrected chi connectivity index (χ4v) is 2.15. The van der Waals surface area contributed by atoms with Crippen molar-refractivity contribution < 1.29 is 14.8 Å². The van der Waals surface area contributed by atoms with Crippen LogP contribution in [0.4, 0.5) is 0 Å². The zero-order valence-corrected chi connectivity index (χ0v) is 13.2. The second kappa shape index (κ2) is 9.36. The molecule has 1 aromatic carbocycles. The van der Waals surface area contributed by atoms with Crippen LogP contribution in [0.5, 0.6) is 0 Å². The van der Waals surface area contributed by atoms with Crippen molar-refractivity contribution in [3.8, 4) is 11.1 Å². The van der Waals surface area contributed by atoms with Gasteiger partial charge in [0.05, 0.1) is 0 Å². The van der Waals surface area contributed by atoms with Crippen LogP contribution < -0.4 is 10.8 Å². The minimum absolute atomic E-state index is 0.134. The van der Waals surface area contributed by atoms with Gasteiger partial charge in [0.1, 0.15) is 0 Å². The molecule has 0 radical (unpaired) electrons. The second-order valence-corrected chi connectivity index (χ2v) is 5.26. The van der Waals surface area contributed by atoms with Gasteiger partial charge in [0.15, 0.2) is 0 Å². The van der Waals surface area contributed by atoms with Gasteiger partial charge in [-0.2, -0.15) is 0 Å². The number of hydrogen-bond acceptors (Lipinski definition) is 5. The smallest absolute Gasteiger partial charge is 0.289 e. The number of benzene rings is 1. The Labute approximate surface area is 140 Å². The number of nitrogens with zero attached hydrogens (tertiary/aromatic N) is 2. The Kier molecular flexibility index (Phi) is 6.85. The van der Waals surface area contributed by atoms with Crippen LogP contribution in [-0.2, 0) is 4.79 Å². The Hall–Kier alpha value is -2.80. The van der Waals surface area contributed by atoms with E-state index in [1.807, 2.05) is 30.3 Å². The van der Waals surface area contributed by atoms with E-state index in [0.717, 1.165) is 24.0 Å². The fourth-order valence-electron chi connectivity index (χ4n) is 2.15. The number of unbranched alkanes of at least 4 members (excludes halogenated alkanes) is 2. The molecular weight excluding hydrogens is 308 g/mol. The molecular formula is C17H20N4O3. The van der Waals surface area contributed by atoms with Crippen LogP contribution in [0.3, 0.4) is 0 Å². The van der Waals surface area contributed by atoms with Gasteiger partial charge in [0, 0.05) is 30.9 Å². The number of aromatic nitrogens is 2. The summed E-state index contributed by atoms with van der Waals surface area (Å²) in [5.74, 6) is -0.581. The number of rotatable bonds is 8. The Morgan fingerprint density at radius 2 is 1.67 bits per heavy atom. The van der Waals surface area contributed by atoms with Crippen molar-refractivity contribution in [2.45, 2.75) is 25.7 Å². The van der Waals surface area contributed by atoms with Crippen molar-refractivity contribution >= 4 is 11.8 Å². The molecule has 2 amide bonds. The largest absolute Gasteiger partial charge is 0.349 e. The molecule has 0 fully saturated rings. The number of hydrogen-bond donors (Lipinski definition) is 3. The molecule has 0 spiro atoms. The van der Waals surface area contributed by atoms with Crippen LogP contribution in [0.2, 0.25) is 0 Å². The SMILES string of the molecule is O=C(CCCCCNC(=O)c1ncc(-c2ccccc2)cn1)NO. The Balaban J connectivity index is 1.74. The van der Waals surface area contributed by atoms with Gasteiger partial charge in [-0.15, -0.1) is 0 Å². The number of nitrogens with one attached hydrogen (secondary N) is 2. The third-order valence-electron chi connectivity index (χ3n) is 3.45. The standard InChI is InChI=1S/C17H20N4O3/c22-15(21-24)9-5-2-6-10-18-17(23)16-19-11-14(12-20-16)13-7-3-1-4-8-13/h1,3-4,7-8,11-12,24H,2,5-6,9-10H2,(H,18,23)(H,21,22). The van der Waals surface area contributed by atoms with Gasteiger partial charge in [-0.05, 0) is 18.4 Å². The van der Waals surface area contributed by atoms with E-state index >= 15 is 0 Å². The number of carbonyl (C=O) groups excluding carboxylic acids is 2. The summed E-state index contributed by atoms with van der Waals surface area (Å²) >= 11 is 0. The number of amides is 2. The summed E-state index contributed by atoms with van der Waals surface area (Å²) < 4.78 is 0. The van der Waals surface area contributed by atoms with Gasteiger partial charge < -0.3 is 5.32 Å². The lowest BCUT2D eigenvalue weighted by molar-refractivity contribution is -0.129. The van der Waals surface area contributed by atoms with E-state index in [2.05, 4.69) is 15.3 Å². The maximum absolute atomic E-state index is 11.9. The van der Waals surface area contributed by atoms with Crippen molar-refractivity contribution in [3.05, 3.63) is 48.5 Å². The average Bonchev–Trinajstić information content (AvgIpc) is 2.65. The summed E-state index contributed by atoms with van der Waals surface area (Å²) in [4.78, 5) is 31.0. The number of hydroxylamine groups is 1. The van der Waals surface area contributed by atoms with Crippen LogP contribution in [0.15, 0.2) is 42.7 Å². The van der Waals surface area contributed by atoms with Gasteiger partial charge >= 0.3 is 0 Å². The molecule has 0 saturated carbocycles. The van der Waals surface area contributed by atoms with Crippen LogP contribution >= 0.6 is 0 Å². The number of carbonyl (C=O) groups is 2. The topological polar surface area (TPSA) is 104 Å². The molecule has 0 saturated heterocycles. The van der Waals surface area contributed by atoms with Crippen LogP contribution in [0.25, 0.3) is 11.1 Å². The highest BCUT2D eigenvalue weighted by molar-refractivity contribution is 5.90. The fraction of sp³-hybridized carbons (Fsp3) is 0.294. The third kappa shape index (κ3) is 5.44. The van der Waals surface area contributed by atoms with E-state index in [0.29, 0.717) is 13.0 Å². The van der Waals surface area contributed by atoms with E-state index in [1.54, 1.807) is 17.9 Å². The second-order valence-electron chi connectivity index (χ2n) is 5.26. The zero-order valence-electron chi connectivity index (χ0n) is 13.2. The van der Waals surface area contributed by atoms with Crippen molar-refractivity contribution in [1.29, 1.82) is 0 Å². The van der Waals surface area contributed by atoms with Gasteiger partial charge in [-0.3, -0.25) is 14.8 Å². The molecule has 0 unspecified atom stereocenters. The predicted molar refractivity (Wildman–Crippen MR) is 88.2 cm³/mol. The van der Waals surface area contributed by atoms with E-state index in [1.165, 1.54) is 0 Å². The molecule has 0 bridgehead atoms. The van der Waals surface area contributed by atoms with Gasteiger partial charge in [-0.1, -0.05) is 36.8 Å². The maximum atomic E-state index is 11.9. The first kappa shape index (κ1) is 17.6. The van der Waals surface area contributed by atoms with Gasteiger partial charge in [0.2, 0.25) is 11.7 Å². The molecule has 2 rings (SSSR count). The monoisotopic (exact) mass is 328 g/mol. The first-order chi connectivity index (χ1) is 11.7. The molecule has 126 valence electrons. The zero-order chi connectivity index (χ0) is 17.2. The maximum Gasteiger partial charge on any atom is 0.289 e. The van der Waals surface area contributed by atoms with Gasteiger partial charge in [-0.25, -0.2) is 15.4 Å². The van der Waals surface area contributed by atoms with Crippen LogP contribution in [0.1, 0.15) is 36.3 Å². The predicted octanol–water partition coefficient (Wildman–Crippen LogP) is 1.94. The average molecular weight is 328 g/mol. The highest BCUT2D eigenvalue weighted by Gasteiger charge is 2.08. The Morgan fingerprint density at radius 1 is 0.958 bits per heavy atom. The summed E-state index contributed by atoms with van der Waals surface area (Å²) in [5.41, 5.74) is 3.44. The first-order valence-corrected chi connectivity index (χ1v) is 7.79.